The van der Waals surface area contributed by atoms with Gasteiger partial charge in [-0.1, -0.05) is 61.8 Å². The summed E-state index contributed by atoms with van der Waals surface area (Å²) in [5.41, 5.74) is 0.982. The van der Waals surface area contributed by atoms with Gasteiger partial charge in [0.15, 0.2) is 0 Å². The fourth-order valence-electron chi connectivity index (χ4n) is 2.30. The van der Waals surface area contributed by atoms with E-state index in [4.69, 9.17) is 20.9 Å². The zero-order chi connectivity index (χ0) is 13.5. The van der Waals surface area contributed by atoms with Crippen molar-refractivity contribution in [2.24, 2.45) is 5.41 Å². The highest BCUT2D eigenvalue weighted by Crippen LogP contribution is 2.25. The summed E-state index contributed by atoms with van der Waals surface area (Å²) in [7, 11) is -0.356. The maximum absolute atomic E-state index is 6.49. The minimum atomic E-state index is -0.356. The molecular formula is C15H16BClO2. The third kappa shape index (κ3) is 2.51. The number of hydrogen-bond acceptors (Lipinski definition) is 2. The van der Waals surface area contributed by atoms with E-state index >= 15 is 0 Å². The number of benzene rings is 2. The van der Waals surface area contributed by atoms with Crippen LogP contribution in [0.1, 0.15) is 13.8 Å². The van der Waals surface area contributed by atoms with E-state index in [9.17, 15) is 0 Å². The minimum absolute atomic E-state index is 0.0693. The smallest absolute Gasteiger partial charge is 0.407 e. The van der Waals surface area contributed by atoms with Crippen LogP contribution in [0.15, 0.2) is 36.4 Å². The van der Waals surface area contributed by atoms with Gasteiger partial charge in [-0.15, -0.1) is 0 Å². The van der Waals surface area contributed by atoms with Crippen LogP contribution in [0.5, 0.6) is 0 Å². The standard InChI is InChI=1S/C15H16BClO2/c1-15(2)9-18-16(19-10-15)13-8-7-11-5-3-4-6-12(11)14(13)17/h3-8H,9-10H2,1-2H3. The zero-order valence-corrected chi connectivity index (χ0v) is 11.9. The molecule has 0 N–H and O–H groups in total. The lowest BCUT2D eigenvalue weighted by Crippen LogP contribution is -2.47. The Kier molecular flexibility index (Phi) is 3.29. The lowest BCUT2D eigenvalue weighted by molar-refractivity contribution is 0.0343. The normalized spacial score (nSPS) is 18.8. The molecule has 1 heterocycles. The van der Waals surface area contributed by atoms with Gasteiger partial charge in [0, 0.05) is 29.1 Å². The molecule has 1 saturated heterocycles. The number of fused-ring (bicyclic) bond motifs is 1. The van der Waals surface area contributed by atoms with E-state index in [1.54, 1.807) is 0 Å². The highest BCUT2D eigenvalue weighted by Gasteiger charge is 2.34. The summed E-state index contributed by atoms with van der Waals surface area (Å²) in [6.45, 7) is 5.62. The molecule has 0 amide bonds. The van der Waals surface area contributed by atoms with E-state index in [2.05, 4.69) is 26.0 Å². The largest absolute Gasteiger partial charge is 0.495 e. The van der Waals surface area contributed by atoms with Crippen LogP contribution < -0.4 is 5.46 Å². The molecule has 3 rings (SSSR count). The third-order valence-electron chi connectivity index (χ3n) is 3.40. The minimum Gasteiger partial charge on any atom is -0.407 e. The van der Waals surface area contributed by atoms with Gasteiger partial charge in [-0.2, -0.15) is 0 Å². The number of halogens is 1. The van der Waals surface area contributed by atoms with E-state index in [1.807, 2.05) is 24.3 Å². The van der Waals surface area contributed by atoms with Crippen molar-refractivity contribution < 1.29 is 9.31 Å². The average molecular weight is 275 g/mol. The summed E-state index contributed by atoms with van der Waals surface area (Å²) in [5, 5.41) is 2.90. The molecule has 2 nitrogen and oxygen atoms in total. The van der Waals surface area contributed by atoms with Crippen LogP contribution in [0.4, 0.5) is 0 Å². The lowest BCUT2D eigenvalue weighted by atomic mass is 9.75. The second kappa shape index (κ2) is 4.82. The van der Waals surface area contributed by atoms with Gasteiger partial charge < -0.3 is 9.31 Å². The third-order valence-corrected chi connectivity index (χ3v) is 3.82. The molecule has 1 aliphatic heterocycles. The van der Waals surface area contributed by atoms with Gasteiger partial charge >= 0.3 is 7.12 Å². The van der Waals surface area contributed by atoms with Gasteiger partial charge in [0.1, 0.15) is 0 Å². The molecule has 4 heteroatoms. The van der Waals surface area contributed by atoms with Crippen molar-refractivity contribution in [1.82, 2.24) is 0 Å². The molecule has 0 radical (unpaired) electrons. The van der Waals surface area contributed by atoms with Gasteiger partial charge in [0.25, 0.3) is 0 Å². The Morgan fingerprint density at radius 3 is 2.47 bits per heavy atom. The molecule has 0 aliphatic carbocycles. The first-order chi connectivity index (χ1) is 9.07. The molecule has 2 aromatic carbocycles. The molecule has 0 aromatic heterocycles. The zero-order valence-electron chi connectivity index (χ0n) is 11.2. The Bertz CT molecular complexity index is 602. The van der Waals surface area contributed by atoms with Crippen LogP contribution in [0, 0.1) is 5.41 Å². The second-order valence-electron chi connectivity index (χ2n) is 5.81. The fraction of sp³-hybridized carbons (Fsp3) is 0.333. The summed E-state index contributed by atoms with van der Waals surface area (Å²) in [6, 6.07) is 12.1. The Balaban J connectivity index is 1.96. The molecule has 0 spiro atoms. The molecule has 0 bridgehead atoms. The van der Waals surface area contributed by atoms with Gasteiger partial charge in [-0.25, -0.2) is 0 Å². The number of hydrogen-bond donors (Lipinski definition) is 0. The van der Waals surface area contributed by atoms with Crippen LogP contribution in [-0.4, -0.2) is 20.3 Å². The molecule has 0 unspecified atom stereocenters. The van der Waals surface area contributed by atoms with E-state index in [0.29, 0.717) is 13.2 Å². The maximum atomic E-state index is 6.49. The van der Waals surface area contributed by atoms with Crippen LogP contribution in [0.2, 0.25) is 5.02 Å². The number of rotatable bonds is 1. The van der Waals surface area contributed by atoms with Crippen LogP contribution in [0.25, 0.3) is 10.8 Å². The molecule has 98 valence electrons. The second-order valence-corrected chi connectivity index (χ2v) is 6.19. The maximum Gasteiger partial charge on any atom is 0.495 e. The summed E-state index contributed by atoms with van der Waals surface area (Å²) in [4.78, 5) is 0. The average Bonchev–Trinajstić information content (AvgIpc) is 2.40. The molecule has 0 saturated carbocycles. The molecule has 1 fully saturated rings. The Morgan fingerprint density at radius 2 is 1.74 bits per heavy atom. The summed E-state index contributed by atoms with van der Waals surface area (Å²) in [6.07, 6.45) is 0. The van der Waals surface area contributed by atoms with Crippen molar-refractivity contribution in [3.63, 3.8) is 0 Å². The Labute approximate surface area is 118 Å². The molecular weight excluding hydrogens is 258 g/mol. The quantitative estimate of drug-likeness (QED) is 0.743. The van der Waals surface area contributed by atoms with Gasteiger partial charge in [0.2, 0.25) is 0 Å². The monoisotopic (exact) mass is 274 g/mol. The molecule has 0 atom stereocenters. The van der Waals surface area contributed by atoms with Crippen LogP contribution in [-0.2, 0) is 9.31 Å². The van der Waals surface area contributed by atoms with Crippen molar-refractivity contribution in [3.8, 4) is 0 Å². The topological polar surface area (TPSA) is 18.5 Å². The lowest BCUT2D eigenvalue weighted by Gasteiger charge is -2.33. The highest BCUT2D eigenvalue weighted by molar-refractivity contribution is 6.66. The van der Waals surface area contributed by atoms with E-state index in [1.165, 1.54) is 0 Å². The predicted molar refractivity (Wildman–Crippen MR) is 80.0 cm³/mol. The van der Waals surface area contributed by atoms with E-state index < -0.39 is 0 Å². The van der Waals surface area contributed by atoms with Crippen LogP contribution in [0.3, 0.4) is 0 Å². The van der Waals surface area contributed by atoms with E-state index in [-0.39, 0.29) is 12.5 Å². The Hall–Kier alpha value is -1.03. The van der Waals surface area contributed by atoms with Gasteiger partial charge in [-0.3, -0.25) is 0 Å². The summed E-state index contributed by atoms with van der Waals surface area (Å²) < 4.78 is 11.6. The van der Waals surface area contributed by atoms with Gasteiger partial charge in [-0.05, 0) is 10.8 Å². The van der Waals surface area contributed by atoms with Crippen molar-refractivity contribution in [1.29, 1.82) is 0 Å². The fourth-order valence-corrected chi connectivity index (χ4v) is 2.63. The van der Waals surface area contributed by atoms with Crippen LogP contribution >= 0.6 is 11.6 Å². The predicted octanol–water partition coefficient (Wildman–Crippen LogP) is 3.26. The Morgan fingerprint density at radius 1 is 1.05 bits per heavy atom. The summed E-state index contributed by atoms with van der Waals surface area (Å²) in [5.74, 6) is 0. The van der Waals surface area contributed by atoms with Crippen molar-refractivity contribution in [2.75, 3.05) is 13.2 Å². The summed E-state index contributed by atoms with van der Waals surface area (Å²) >= 11 is 6.49. The van der Waals surface area contributed by atoms with Crippen molar-refractivity contribution in [3.05, 3.63) is 41.4 Å². The molecule has 2 aromatic rings. The first-order valence-electron chi connectivity index (χ1n) is 6.47. The SMILES string of the molecule is CC1(C)COB(c2ccc3ccccc3c2Cl)OC1. The highest BCUT2D eigenvalue weighted by atomic mass is 35.5. The molecule has 1 aliphatic rings. The van der Waals surface area contributed by atoms with Crippen molar-refractivity contribution >= 4 is 35.0 Å². The van der Waals surface area contributed by atoms with Crippen molar-refractivity contribution in [2.45, 2.75) is 13.8 Å². The first kappa shape index (κ1) is 13.0. The van der Waals surface area contributed by atoms with Gasteiger partial charge in [0.05, 0.1) is 0 Å². The molecule has 19 heavy (non-hydrogen) atoms. The van der Waals surface area contributed by atoms with E-state index in [0.717, 1.165) is 21.3 Å². The first-order valence-corrected chi connectivity index (χ1v) is 6.85.